The first-order chi connectivity index (χ1) is 9.51. The largest absolute Gasteiger partial charge is 0.378 e. The number of benzene rings is 2. The van der Waals surface area contributed by atoms with E-state index < -0.39 is 17.5 Å². The van der Waals surface area contributed by atoms with Crippen molar-refractivity contribution in [3.8, 4) is 0 Å². The maximum Gasteiger partial charge on any atom is 0.194 e. The Balaban J connectivity index is 2.16. The molecule has 106 valence electrons. The molecule has 1 nitrogen and oxygen atoms in total. The number of anilines is 1. The highest BCUT2D eigenvalue weighted by Gasteiger charge is 2.12. The van der Waals surface area contributed by atoms with E-state index in [4.69, 9.17) is 0 Å². The molecule has 0 radical (unpaired) electrons. The molecular formula is C16H16F3N. The molecule has 0 aliphatic carbocycles. The Bertz CT molecular complexity index is 570. The van der Waals surface area contributed by atoms with Gasteiger partial charge < -0.3 is 5.32 Å². The van der Waals surface area contributed by atoms with Crippen molar-refractivity contribution in [2.45, 2.75) is 26.3 Å². The molecule has 0 fully saturated rings. The monoisotopic (exact) mass is 279 g/mol. The molecule has 20 heavy (non-hydrogen) atoms. The Morgan fingerprint density at radius 3 is 2.05 bits per heavy atom. The van der Waals surface area contributed by atoms with Crippen molar-refractivity contribution in [1.29, 1.82) is 0 Å². The van der Waals surface area contributed by atoms with Gasteiger partial charge in [-0.1, -0.05) is 31.2 Å². The third-order valence-corrected chi connectivity index (χ3v) is 3.25. The van der Waals surface area contributed by atoms with E-state index in [9.17, 15) is 13.2 Å². The van der Waals surface area contributed by atoms with Gasteiger partial charge in [0, 0.05) is 23.9 Å². The highest BCUT2D eigenvalue weighted by Crippen LogP contribution is 2.23. The van der Waals surface area contributed by atoms with E-state index >= 15 is 0 Å². The molecular weight excluding hydrogens is 263 g/mol. The van der Waals surface area contributed by atoms with Crippen molar-refractivity contribution in [1.82, 2.24) is 0 Å². The van der Waals surface area contributed by atoms with Gasteiger partial charge in [0.1, 0.15) is 0 Å². The van der Waals surface area contributed by atoms with Crippen molar-refractivity contribution in [2.75, 3.05) is 5.32 Å². The van der Waals surface area contributed by atoms with E-state index in [-0.39, 0.29) is 11.7 Å². The van der Waals surface area contributed by atoms with Crippen LogP contribution in [0.15, 0.2) is 36.4 Å². The summed E-state index contributed by atoms with van der Waals surface area (Å²) in [5.41, 5.74) is 2.43. The van der Waals surface area contributed by atoms with Crippen molar-refractivity contribution in [3.05, 3.63) is 65.0 Å². The summed E-state index contributed by atoms with van der Waals surface area (Å²) in [5, 5.41) is 2.96. The topological polar surface area (TPSA) is 12.0 Å². The van der Waals surface area contributed by atoms with E-state index in [1.54, 1.807) is 0 Å². The van der Waals surface area contributed by atoms with Gasteiger partial charge in [0.25, 0.3) is 0 Å². The summed E-state index contributed by atoms with van der Waals surface area (Å²) >= 11 is 0. The molecule has 2 aromatic carbocycles. The van der Waals surface area contributed by atoms with E-state index in [1.165, 1.54) is 5.56 Å². The zero-order valence-electron chi connectivity index (χ0n) is 11.4. The maximum atomic E-state index is 13.1. The lowest BCUT2D eigenvalue weighted by atomic mass is 10.0. The smallest absolute Gasteiger partial charge is 0.194 e. The van der Waals surface area contributed by atoms with Crippen molar-refractivity contribution in [3.63, 3.8) is 0 Å². The fourth-order valence-corrected chi connectivity index (χ4v) is 2.01. The summed E-state index contributed by atoms with van der Waals surface area (Å²) in [6.45, 7) is 3.95. The Morgan fingerprint density at radius 2 is 1.55 bits per heavy atom. The molecule has 0 saturated heterocycles. The van der Waals surface area contributed by atoms with Crippen LogP contribution < -0.4 is 5.32 Å². The van der Waals surface area contributed by atoms with E-state index in [0.717, 1.165) is 24.1 Å². The summed E-state index contributed by atoms with van der Waals surface area (Å²) in [6, 6.07) is 9.73. The molecule has 2 rings (SSSR count). The van der Waals surface area contributed by atoms with E-state index in [0.29, 0.717) is 0 Å². The first-order valence-electron chi connectivity index (χ1n) is 6.51. The molecule has 0 saturated carbocycles. The number of nitrogens with one attached hydrogen (secondary N) is 1. The lowest BCUT2D eigenvalue weighted by Gasteiger charge is -2.16. The predicted octanol–water partition coefficient (Wildman–Crippen LogP) is 4.84. The molecule has 1 unspecified atom stereocenters. The van der Waals surface area contributed by atoms with Crippen LogP contribution in [0, 0.1) is 17.5 Å². The normalized spacial score (nSPS) is 12.2. The van der Waals surface area contributed by atoms with Gasteiger partial charge in [-0.05, 0) is 24.5 Å². The Labute approximate surface area is 116 Å². The maximum absolute atomic E-state index is 13.1. The molecule has 0 spiro atoms. The van der Waals surface area contributed by atoms with Crippen LogP contribution in [0.2, 0.25) is 0 Å². The van der Waals surface area contributed by atoms with Crippen LogP contribution >= 0.6 is 0 Å². The van der Waals surface area contributed by atoms with Crippen LogP contribution in [-0.2, 0) is 6.42 Å². The van der Waals surface area contributed by atoms with Gasteiger partial charge >= 0.3 is 0 Å². The average molecular weight is 279 g/mol. The molecule has 0 aliphatic heterocycles. The van der Waals surface area contributed by atoms with Gasteiger partial charge in [-0.2, -0.15) is 0 Å². The summed E-state index contributed by atoms with van der Waals surface area (Å²) in [4.78, 5) is 0. The van der Waals surface area contributed by atoms with Crippen LogP contribution in [-0.4, -0.2) is 0 Å². The van der Waals surface area contributed by atoms with Crippen molar-refractivity contribution >= 4 is 5.69 Å². The van der Waals surface area contributed by atoms with Crippen LogP contribution in [0.25, 0.3) is 0 Å². The van der Waals surface area contributed by atoms with Crippen LogP contribution in [0.3, 0.4) is 0 Å². The minimum atomic E-state index is -1.45. The van der Waals surface area contributed by atoms with Gasteiger partial charge in [-0.25, -0.2) is 13.2 Å². The number of rotatable bonds is 4. The Morgan fingerprint density at radius 1 is 1.00 bits per heavy atom. The van der Waals surface area contributed by atoms with Crippen molar-refractivity contribution < 1.29 is 13.2 Å². The molecule has 1 N–H and O–H groups in total. The first-order valence-corrected chi connectivity index (χ1v) is 6.51. The SMILES string of the molecule is CCc1ccc(C(C)Nc2cc(F)c(F)c(F)c2)cc1. The second-order valence-corrected chi connectivity index (χ2v) is 4.72. The quantitative estimate of drug-likeness (QED) is 0.790. The predicted molar refractivity (Wildman–Crippen MR) is 74.2 cm³/mol. The second kappa shape index (κ2) is 5.99. The average Bonchev–Trinajstić information content (AvgIpc) is 2.44. The molecule has 0 heterocycles. The fourth-order valence-electron chi connectivity index (χ4n) is 2.01. The van der Waals surface area contributed by atoms with Gasteiger partial charge in [-0.15, -0.1) is 0 Å². The number of aryl methyl sites for hydroxylation is 1. The summed E-state index contributed by atoms with van der Waals surface area (Å²) in [6.07, 6.45) is 0.955. The lowest BCUT2D eigenvalue weighted by Crippen LogP contribution is -2.08. The minimum Gasteiger partial charge on any atom is -0.378 e. The number of hydrogen-bond acceptors (Lipinski definition) is 1. The van der Waals surface area contributed by atoms with Crippen LogP contribution in [0.4, 0.5) is 18.9 Å². The summed E-state index contributed by atoms with van der Waals surface area (Å²) in [5.74, 6) is -3.84. The molecule has 2 aromatic rings. The zero-order chi connectivity index (χ0) is 14.7. The van der Waals surface area contributed by atoms with Crippen LogP contribution in [0.5, 0.6) is 0 Å². The standard InChI is InChI=1S/C16H16F3N/c1-3-11-4-6-12(7-5-11)10(2)20-13-8-14(17)16(19)15(18)9-13/h4-10,20H,3H2,1-2H3. The number of halogens is 3. The summed E-state index contributed by atoms with van der Waals surface area (Å²) in [7, 11) is 0. The van der Waals surface area contributed by atoms with Gasteiger partial charge in [-0.3, -0.25) is 0 Å². The molecule has 1 atom stereocenters. The zero-order valence-corrected chi connectivity index (χ0v) is 11.4. The van der Waals surface area contributed by atoms with Gasteiger partial charge in [0.2, 0.25) is 0 Å². The highest BCUT2D eigenvalue weighted by atomic mass is 19.2. The third-order valence-electron chi connectivity index (χ3n) is 3.25. The number of hydrogen-bond donors (Lipinski definition) is 1. The third kappa shape index (κ3) is 3.13. The van der Waals surface area contributed by atoms with Gasteiger partial charge in [0.05, 0.1) is 0 Å². The lowest BCUT2D eigenvalue weighted by molar-refractivity contribution is 0.447. The van der Waals surface area contributed by atoms with E-state index in [1.807, 2.05) is 31.2 Å². The molecule has 0 aromatic heterocycles. The molecule has 0 bridgehead atoms. The van der Waals surface area contributed by atoms with Gasteiger partial charge in [0.15, 0.2) is 17.5 Å². The minimum absolute atomic E-state index is 0.134. The van der Waals surface area contributed by atoms with E-state index in [2.05, 4.69) is 12.2 Å². The molecule has 4 heteroatoms. The van der Waals surface area contributed by atoms with Crippen molar-refractivity contribution in [2.24, 2.45) is 0 Å². The molecule has 0 aliphatic rings. The Hall–Kier alpha value is -1.97. The summed E-state index contributed by atoms with van der Waals surface area (Å²) < 4.78 is 39.1. The highest BCUT2D eigenvalue weighted by molar-refractivity contribution is 5.46. The second-order valence-electron chi connectivity index (χ2n) is 4.72. The Kier molecular flexibility index (Phi) is 4.32. The molecule has 0 amide bonds. The van der Waals surface area contributed by atoms with Crippen LogP contribution in [0.1, 0.15) is 31.0 Å². The fraction of sp³-hybridized carbons (Fsp3) is 0.250. The first kappa shape index (κ1) is 14.4.